The molecule has 0 unspecified atom stereocenters. The second-order valence-corrected chi connectivity index (χ2v) is 1.85. The van der Waals surface area contributed by atoms with Crippen LogP contribution < -0.4 is 5.32 Å². The van der Waals surface area contributed by atoms with E-state index in [9.17, 15) is 0 Å². The molecule has 0 aromatic carbocycles. The van der Waals surface area contributed by atoms with Crippen molar-refractivity contribution in [1.82, 2.24) is 10.2 Å². The third-order valence-electron chi connectivity index (χ3n) is 1.22. The molecule has 0 aromatic heterocycles. The predicted molar refractivity (Wildman–Crippen MR) is 29.8 cm³/mol. The van der Waals surface area contributed by atoms with Gasteiger partial charge in [-0.3, -0.25) is 5.32 Å². The van der Waals surface area contributed by atoms with Crippen LogP contribution in [0.3, 0.4) is 0 Å². The van der Waals surface area contributed by atoms with Crippen LogP contribution in [0.25, 0.3) is 0 Å². The van der Waals surface area contributed by atoms with Crippen molar-refractivity contribution in [3.8, 4) is 0 Å². The Morgan fingerprint density at radius 1 is 1.86 bits per heavy atom. The van der Waals surface area contributed by atoms with Crippen LogP contribution in [0.1, 0.15) is 0 Å². The van der Waals surface area contributed by atoms with Crippen LogP contribution in [-0.4, -0.2) is 25.2 Å². The van der Waals surface area contributed by atoms with Crippen molar-refractivity contribution in [2.45, 2.75) is 0 Å². The molecule has 1 N–H and O–H groups in total. The minimum absolute atomic E-state index is 0.955. The first-order valence-electron chi connectivity index (χ1n) is 2.40. The van der Waals surface area contributed by atoms with E-state index < -0.39 is 0 Å². The Hall–Kier alpha value is -0.500. The minimum atomic E-state index is 0.955. The van der Waals surface area contributed by atoms with E-state index in [1.165, 1.54) is 5.70 Å². The third kappa shape index (κ3) is 0.747. The summed E-state index contributed by atoms with van der Waals surface area (Å²) in [5, 5.41) is 3.15. The molecule has 1 aliphatic rings. The molecule has 0 radical (unpaired) electrons. The maximum Gasteiger partial charge on any atom is 0.0679 e. The molecule has 0 amide bonds. The van der Waals surface area contributed by atoms with Gasteiger partial charge in [0, 0.05) is 19.3 Å². The lowest BCUT2D eigenvalue weighted by atomic mass is 10.5. The van der Waals surface area contributed by atoms with E-state index in [4.69, 9.17) is 0 Å². The molecule has 1 rings (SSSR count). The predicted octanol–water partition coefficient (Wildman–Crippen LogP) is -0.00740. The van der Waals surface area contributed by atoms with Crippen LogP contribution in [0.2, 0.25) is 0 Å². The van der Waals surface area contributed by atoms with Crippen LogP contribution in [-0.2, 0) is 0 Å². The number of nitrogens with one attached hydrogen (secondary N) is 1. The Morgan fingerprint density at radius 2 is 2.57 bits per heavy atom. The largest absolute Gasteiger partial charge is 0.365 e. The van der Waals surface area contributed by atoms with Gasteiger partial charge in [0.25, 0.3) is 0 Å². The van der Waals surface area contributed by atoms with Crippen molar-refractivity contribution in [1.29, 1.82) is 0 Å². The molecule has 0 aliphatic carbocycles. The number of rotatable bonds is 0. The maximum atomic E-state index is 3.80. The summed E-state index contributed by atoms with van der Waals surface area (Å²) in [6.45, 7) is 5.71. The summed E-state index contributed by atoms with van der Waals surface area (Å²) in [5.74, 6) is 0. The average molecular weight is 98.1 g/mol. The van der Waals surface area contributed by atoms with Gasteiger partial charge in [0.05, 0.1) is 6.67 Å². The Kier molecular flexibility index (Phi) is 1.02. The number of hydrogen-bond donors (Lipinski definition) is 1. The Labute approximate surface area is 43.8 Å². The van der Waals surface area contributed by atoms with E-state index in [-0.39, 0.29) is 0 Å². The maximum absolute atomic E-state index is 3.80. The van der Waals surface area contributed by atoms with Gasteiger partial charge in [0.1, 0.15) is 0 Å². The lowest BCUT2D eigenvalue weighted by Gasteiger charge is -2.07. The summed E-state index contributed by atoms with van der Waals surface area (Å²) in [6, 6.07) is 0. The molecule has 1 saturated heterocycles. The molecular formula is C5H10N2. The zero-order valence-corrected chi connectivity index (χ0v) is 4.57. The zero-order chi connectivity index (χ0) is 5.28. The molecule has 7 heavy (non-hydrogen) atoms. The van der Waals surface area contributed by atoms with Gasteiger partial charge in [-0.15, -0.1) is 0 Å². The second kappa shape index (κ2) is 1.54. The van der Waals surface area contributed by atoms with Crippen LogP contribution in [0.15, 0.2) is 12.3 Å². The summed E-state index contributed by atoms with van der Waals surface area (Å²) in [5.41, 5.74) is 1.18. The van der Waals surface area contributed by atoms with Crippen LogP contribution in [0, 0.1) is 0 Å². The van der Waals surface area contributed by atoms with E-state index in [1.54, 1.807) is 0 Å². The first kappa shape index (κ1) is 4.65. The molecule has 1 fully saturated rings. The van der Waals surface area contributed by atoms with Gasteiger partial charge in [0.2, 0.25) is 0 Å². The molecule has 0 atom stereocenters. The van der Waals surface area contributed by atoms with Gasteiger partial charge in [-0.25, -0.2) is 0 Å². The quantitative estimate of drug-likeness (QED) is 0.458. The lowest BCUT2D eigenvalue weighted by molar-refractivity contribution is 0.467. The van der Waals surface area contributed by atoms with E-state index >= 15 is 0 Å². The normalized spacial score (nSPS) is 21.3. The third-order valence-corrected chi connectivity index (χ3v) is 1.22. The molecule has 0 spiro atoms. The molecule has 1 aliphatic heterocycles. The highest BCUT2D eigenvalue weighted by molar-refractivity contribution is 4.98. The van der Waals surface area contributed by atoms with Crippen molar-refractivity contribution in [3.63, 3.8) is 0 Å². The van der Waals surface area contributed by atoms with Crippen molar-refractivity contribution >= 4 is 0 Å². The fourth-order valence-corrected chi connectivity index (χ4v) is 0.615. The highest BCUT2D eigenvalue weighted by Gasteiger charge is 2.06. The Morgan fingerprint density at radius 3 is 2.71 bits per heavy atom. The molecular weight excluding hydrogens is 88.1 g/mol. The SMILES string of the molecule is C=C1CNCN1C. The fraction of sp³-hybridized carbons (Fsp3) is 0.600. The second-order valence-electron chi connectivity index (χ2n) is 1.85. The monoisotopic (exact) mass is 98.1 g/mol. The van der Waals surface area contributed by atoms with E-state index in [1.807, 2.05) is 7.05 Å². The van der Waals surface area contributed by atoms with Gasteiger partial charge in [0.15, 0.2) is 0 Å². The molecule has 1 heterocycles. The van der Waals surface area contributed by atoms with E-state index in [2.05, 4.69) is 16.8 Å². The highest BCUT2D eigenvalue weighted by atomic mass is 15.3. The highest BCUT2D eigenvalue weighted by Crippen LogP contribution is 1.99. The molecule has 2 nitrogen and oxygen atoms in total. The van der Waals surface area contributed by atoms with Crippen LogP contribution in [0.5, 0.6) is 0 Å². The minimum Gasteiger partial charge on any atom is -0.365 e. The topological polar surface area (TPSA) is 15.3 Å². The van der Waals surface area contributed by atoms with Crippen molar-refractivity contribution in [2.75, 3.05) is 20.3 Å². The molecule has 2 heteroatoms. The van der Waals surface area contributed by atoms with Crippen molar-refractivity contribution < 1.29 is 0 Å². The summed E-state index contributed by atoms with van der Waals surface area (Å²) >= 11 is 0. The smallest absolute Gasteiger partial charge is 0.0679 e. The van der Waals surface area contributed by atoms with Crippen LogP contribution in [0.4, 0.5) is 0 Å². The average Bonchev–Trinajstić information content (AvgIpc) is 1.91. The molecule has 0 aromatic rings. The molecule has 0 bridgehead atoms. The summed E-state index contributed by atoms with van der Waals surface area (Å²) < 4.78 is 0. The van der Waals surface area contributed by atoms with Gasteiger partial charge in [-0.2, -0.15) is 0 Å². The van der Waals surface area contributed by atoms with Crippen LogP contribution >= 0.6 is 0 Å². The number of nitrogens with zero attached hydrogens (tertiary/aromatic N) is 1. The summed E-state index contributed by atoms with van der Waals surface area (Å²) in [4.78, 5) is 2.10. The number of likely N-dealkylation sites (N-methyl/N-ethyl adjacent to an activating group) is 1. The summed E-state index contributed by atoms with van der Waals surface area (Å²) in [7, 11) is 2.03. The van der Waals surface area contributed by atoms with Gasteiger partial charge >= 0.3 is 0 Å². The Balaban J connectivity index is 2.48. The molecule has 0 saturated carbocycles. The van der Waals surface area contributed by atoms with E-state index in [0.717, 1.165) is 13.2 Å². The first-order chi connectivity index (χ1) is 3.30. The zero-order valence-electron chi connectivity index (χ0n) is 4.57. The van der Waals surface area contributed by atoms with Gasteiger partial charge in [-0.05, 0) is 0 Å². The van der Waals surface area contributed by atoms with Crippen molar-refractivity contribution in [2.24, 2.45) is 0 Å². The van der Waals surface area contributed by atoms with Crippen molar-refractivity contribution in [3.05, 3.63) is 12.3 Å². The standard InChI is InChI=1S/C5H10N2/c1-5-3-6-4-7(5)2/h6H,1,3-4H2,2H3. The fourth-order valence-electron chi connectivity index (χ4n) is 0.615. The summed E-state index contributed by atoms with van der Waals surface area (Å²) in [6.07, 6.45) is 0. The van der Waals surface area contributed by atoms with Gasteiger partial charge in [-0.1, -0.05) is 6.58 Å². The van der Waals surface area contributed by atoms with E-state index in [0.29, 0.717) is 0 Å². The van der Waals surface area contributed by atoms with Gasteiger partial charge < -0.3 is 4.90 Å². The molecule has 40 valence electrons. The number of hydrogen-bond acceptors (Lipinski definition) is 2. The lowest BCUT2D eigenvalue weighted by Crippen LogP contribution is -2.14. The first-order valence-corrected chi connectivity index (χ1v) is 2.40. The Bertz CT molecular complexity index is 88.1.